The first-order valence-corrected chi connectivity index (χ1v) is 8.44. The molecule has 22 heavy (non-hydrogen) atoms. The Balaban J connectivity index is 1.50. The molecule has 0 aromatic heterocycles. The Bertz CT molecular complexity index is 531. The minimum absolute atomic E-state index is 0.0103. The van der Waals surface area contributed by atoms with Crippen molar-refractivity contribution in [2.24, 2.45) is 35.5 Å². The van der Waals surface area contributed by atoms with Crippen molar-refractivity contribution in [1.82, 2.24) is 5.32 Å². The van der Waals surface area contributed by atoms with Crippen LogP contribution in [0.25, 0.3) is 0 Å². The van der Waals surface area contributed by atoms with E-state index in [1.807, 2.05) is 12.2 Å². The van der Waals surface area contributed by atoms with Crippen molar-refractivity contribution in [2.45, 2.75) is 44.2 Å². The number of carboxylic acids is 1. The van der Waals surface area contributed by atoms with Crippen LogP contribution in [0, 0.1) is 35.5 Å². The van der Waals surface area contributed by atoms with E-state index in [-0.39, 0.29) is 35.8 Å². The Morgan fingerprint density at radius 2 is 1.68 bits per heavy atom. The number of rotatable bonds is 3. The maximum absolute atomic E-state index is 12.8. The van der Waals surface area contributed by atoms with Gasteiger partial charge in [-0.15, -0.1) is 0 Å². The highest BCUT2D eigenvalue weighted by Gasteiger charge is 2.51. The number of allylic oxidation sites excluding steroid dienone is 2. The highest BCUT2D eigenvalue weighted by atomic mass is 16.4. The Morgan fingerprint density at radius 1 is 1.00 bits per heavy atom. The first-order chi connectivity index (χ1) is 10.5. The number of amides is 1. The molecule has 1 amide bonds. The average molecular weight is 305 g/mol. The van der Waals surface area contributed by atoms with Gasteiger partial charge >= 0.3 is 5.97 Å². The molecule has 0 aromatic rings. The largest absolute Gasteiger partial charge is 0.481 e. The summed E-state index contributed by atoms with van der Waals surface area (Å²) < 4.78 is 0. The molecule has 3 fully saturated rings. The summed E-state index contributed by atoms with van der Waals surface area (Å²) >= 11 is 0. The van der Waals surface area contributed by atoms with Crippen LogP contribution in [0.15, 0.2) is 12.2 Å². The third-order valence-electron chi connectivity index (χ3n) is 6.44. The number of hydrogen-bond donors (Lipinski definition) is 3. The number of carbonyl (C=O) groups is 2. The maximum Gasteiger partial charge on any atom is 0.307 e. The van der Waals surface area contributed by atoms with Gasteiger partial charge in [0.25, 0.3) is 0 Å². The van der Waals surface area contributed by atoms with Gasteiger partial charge in [0.05, 0.1) is 17.9 Å². The molecule has 0 radical (unpaired) electrons. The molecular formula is C17H23NO4. The number of hydrogen-bond acceptors (Lipinski definition) is 3. The zero-order valence-electron chi connectivity index (χ0n) is 12.5. The van der Waals surface area contributed by atoms with Gasteiger partial charge < -0.3 is 15.5 Å². The SMILES string of the molecule is O=C(O)[C@@H]1C2C=CC(CC2)[C@@H]1C(=O)N[C@H]1C[C@@H]2C[C@H]1[C@H](O)C2. The molecule has 120 valence electrons. The molecule has 5 aliphatic rings. The quantitative estimate of drug-likeness (QED) is 0.683. The van der Waals surface area contributed by atoms with E-state index in [1.54, 1.807) is 0 Å². The first-order valence-electron chi connectivity index (χ1n) is 8.44. The second kappa shape index (κ2) is 5.08. The second-order valence-electron chi connectivity index (χ2n) is 7.60. The Kier molecular flexibility index (Phi) is 3.29. The van der Waals surface area contributed by atoms with Crippen LogP contribution in [0.4, 0.5) is 0 Å². The molecule has 8 atom stereocenters. The standard InChI is InChI=1S/C17H23NO4/c19-13-7-8-5-11(13)12(6-8)18-16(20)14-9-1-3-10(4-2-9)15(14)17(21)22/h1,3,8-15,19H,2,4-7H2,(H,18,20)(H,21,22)/t8-,9?,10?,11+,12-,13+,14-,15+/m0/s1. The van der Waals surface area contributed by atoms with Gasteiger partial charge in [0.2, 0.25) is 5.91 Å². The van der Waals surface area contributed by atoms with Crippen molar-refractivity contribution >= 4 is 11.9 Å². The van der Waals surface area contributed by atoms with Crippen molar-refractivity contribution in [3.8, 4) is 0 Å². The molecule has 5 heteroatoms. The van der Waals surface area contributed by atoms with Gasteiger partial charge in [-0.25, -0.2) is 0 Å². The van der Waals surface area contributed by atoms with Crippen LogP contribution < -0.4 is 5.32 Å². The predicted octanol–water partition coefficient (Wildman–Crippen LogP) is 1.17. The lowest BCUT2D eigenvalue weighted by Gasteiger charge is -2.42. The molecule has 3 saturated carbocycles. The summed E-state index contributed by atoms with van der Waals surface area (Å²) in [5, 5.41) is 22.6. The van der Waals surface area contributed by atoms with Gasteiger partial charge in [0, 0.05) is 12.0 Å². The van der Waals surface area contributed by atoms with Crippen LogP contribution >= 0.6 is 0 Å². The van der Waals surface area contributed by atoms with Crippen LogP contribution in [-0.4, -0.2) is 34.2 Å². The fourth-order valence-electron chi connectivity index (χ4n) is 5.45. The van der Waals surface area contributed by atoms with Crippen molar-refractivity contribution in [3.63, 3.8) is 0 Å². The topological polar surface area (TPSA) is 86.6 Å². The summed E-state index contributed by atoms with van der Waals surface area (Å²) in [7, 11) is 0. The molecule has 0 aromatic carbocycles. The minimum atomic E-state index is -0.854. The third-order valence-corrected chi connectivity index (χ3v) is 6.44. The Hall–Kier alpha value is -1.36. The Labute approximate surface area is 129 Å². The molecule has 5 nitrogen and oxygen atoms in total. The van der Waals surface area contributed by atoms with E-state index < -0.39 is 17.8 Å². The van der Waals surface area contributed by atoms with Gasteiger partial charge in [0.15, 0.2) is 0 Å². The zero-order chi connectivity index (χ0) is 15.4. The fraction of sp³-hybridized carbons (Fsp3) is 0.765. The summed E-state index contributed by atoms with van der Waals surface area (Å²) in [5.74, 6) is -1.29. The van der Waals surface area contributed by atoms with E-state index in [1.165, 1.54) is 0 Å². The highest BCUT2D eigenvalue weighted by molar-refractivity contribution is 5.86. The minimum Gasteiger partial charge on any atom is -0.481 e. The number of carbonyl (C=O) groups excluding carboxylic acids is 1. The summed E-state index contributed by atoms with van der Waals surface area (Å²) in [6.45, 7) is 0. The molecule has 3 N–H and O–H groups in total. The summed E-state index contributed by atoms with van der Waals surface area (Å²) in [5.41, 5.74) is 0. The molecule has 5 rings (SSSR count). The number of carboxylic acid groups (broad SMARTS) is 1. The van der Waals surface area contributed by atoms with E-state index in [2.05, 4.69) is 5.32 Å². The van der Waals surface area contributed by atoms with Gasteiger partial charge in [0.1, 0.15) is 0 Å². The van der Waals surface area contributed by atoms with Crippen molar-refractivity contribution in [3.05, 3.63) is 12.2 Å². The number of aliphatic hydroxyl groups is 1. The van der Waals surface area contributed by atoms with Crippen LogP contribution in [0.1, 0.15) is 32.1 Å². The van der Waals surface area contributed by atoms with E-state index in [4.69, 9.17) is 0 Å². The lowest BCUT2D eigenvalue weighted by molar-refractivity contribution is -0.153. The lowest BCUT2D eigenvalue weighted by atomic mass is 9.62. The first kappa shape index (κ1) is 14.2. The molecule has 5 aliphatic carbocycles. The van der Waals surface area contributed by atoms with E-state index >= 15 is 0 Å². The van der Waals surface area contributed by atoms with E-state index in [0.717, 1.165) is 32.1 Å². The normalized spacial score (nSPS) is 48.6. The molecule has 4 bridgehead atoms. The van der Waals surface area contributed by atoms with E-state index in [0.29, 0.717) is 5.92 Å². The molecule has 0 saturated heterocycles. The summed E-state index contributed by atoms with van der Waals surface area (Å²) in [6, 6.07) is 0.0279. The van der Waals surface area contributed by atoms with E-state index in [9.17, 15) is 19.8 Å². The maximum atomic E-state index is 12.8. The van der Waals surface area contributed by atoms with Crippen LogP contribution in [0.2, 0.25) is 0 Å². The van der Waals surface area contributed by atoms with Gasteiger partial charge in [-0.1, -0.05) is 12.2 Å². The van der Waals surface area contributed by atoms with Gasteiger partial charge in [-0.3, -0.25) is 9.59 Å². The summed E-state index contributed by atoms with van der Waals surface area (Å²) in [4.78, 5) is 24.4. The molecule has 0 heterocycles. The number of aliphatic carboxylic acids is 1. The third kappa shape index (κ3) is 2.09. The highest BCUT2D eigenvalue weighted by Crippen LogP contribution is 2.47. The zero-order valence-corrected chi connectivity index (χ0v) is 12.5. The average Bonchev–Trinajstić information content (AvgIpc) is 3.05. The van der Waals surface area contributed by atoms with Crippen LogP contribution in [0.3, 0.4) is 0 Å². The monoisotopic (exact) mass is 305 g/mol. The van der Waals surface area contributed by atoms with Crippen molar-refractivity contribution < 1.29 is 19.8 Å². The smallest absolute Gasteiger partial charge is 0.307 e. The molecule has 0 aliphatic heterocycles. The number of fused-ring (bicyclic) bond motifs is 4. The molecule has 0 spiro atoms. The van der Waals surface area contributed by atoms with Crippen molar-refractivity contribution in [1.29, 1.82) is 0 Å². The van der Waals surface area contributed by atoms with Crippen LogP contribution in [0.5, 0.6) is 0 Å². The molecular weight excluding hydrogens is 282 g/mol. The molecule has 2 unspecified atom stereocenters. The predicted molar refractivity (Wildman–Crippen MR) is 78.7 cm³/mol. The summed E-state index contributed by atoms with van der Waals surface area (Å²) in [6.07, 6.45) is 8.27. The van der Waals surface area contributed by atoms with Crippen molar-refractivity contribution in [2.75, 3.05) is 0 Å². The second-order valence-corrected chi connectivity index (χ2v) is 7.60. The Morgan fingerprint density at radius 3 is 2.23 bits per heavy atom. The lowest BCUT2D eigenvalue weighted by Crippen LogP contribution is -2.52. The fourth-order valence-corrected chi connectivity index (χ4v) is 5.45. The number of aliphatic hydroxyl groups excluding tert-OH is 1. The number of nitrogens with one attached hydrogen (secondary N) is 1. The van der Waals surface area contributed by atoms with Gasteiger partial charge in [-0.05, 0) is 49.9 Å². The van der Waals surface area contributed by atoms with Gasteiger partial charge in [-0.2, -0.15) is 0 Å². The van der Waals surface area contributed by atoms with Crippen LogP contribution in [-0.2, 0) is 9.59 Å².